The second-order valence-corrected chi connectivity index (χ2v) is 4.88. The Balaban J connectivity index is 2.08. The van der Waals surface area contributed by atoms with E-state index in [0.29, 0.717) is 0 Å². The van der Waals surface area contributed by atoms with Gasteiger partial charge >= 0.3 is 6.61 Å². The predicted octanol–water partition coefficient (Wildman–Crippen LogP) is 2.72. The number of halogens is 3. The molecule has 126 valence electrons. The van der Waals surface area contributed by atoms with Crippen molar-refractivity contribution in [3.05, 3.63) is 58.6 Å². The largest absolute Gasteiger partial charge is 0.507 e. The fraction of sp³-hybridized carbons (Fsp3) is 0.0667. The molecule has 9 heteroatoms. The monoisotopic (exact) mass is 356 g/mol. The normalized spacial score (nSPS) is 10.3. The van der Waals surface area contributed by atoms with Gasteiger partial charge in [0.05, 0.1) is 11.1 Å². The molecule has 2 aromatic rings. The minimum Gasteiger partial charge on any atom is -0.507 e. The van der Waals surface area contributed by atoms with Crippen LogP contribution in [0.1, 0.15) is 20.7 Å². The minimum atomic E-state index is -3.10. The van der Waals surface area contributed by atoms with E-state index < -0.39 is 18.4 Å². The number of ether oxygens (including phenoxy) is 1. The number of hydrogen-bond acceptors (Lipinski definition) is 4. The van der Waals surface area contributed by atoms with E-state index >= 15 is 0 Å². The molecule has 2 aromatic carbocycles. The number of rotatable bonds is 4. The summed E-state index contributed by atoms with van der Waals surface area (Å²) >= 11 is 5.72. The first-order chi connectivity index (χ1) is 11.4. The molecule has 6 nitrogen and oxygen atoms in total. The highest BCUT2D eigenvalue weighted by molar-refractivity contribution is 6.31. The molecule has 0 saturated heterocycles. The Morgan fingerprint density at radius 1 is 1.04 bits per heavy atom. The quantitative estimate of drug-likeness (QED) is 0.735. The molecule has 0 aliphatic heterocycles. The predicted molar refractivity (Wildman–Crippen MR) is 81.1 cm³/mol. The molecular formula is C15H11ClF2N2O4. The summed E-state index contributed by atoms with van der Waals surface area (Å²) < 4.78 is 28.9. The summed E-state index contributed by atoms with van der Waals surface area (Å²) in [7, 11) is 0. The number of alkyl halides is 2. The van der Waals surface area contributed by atoms with Crippen molar-refractivity contribution in [2.75, 3.05) is 0 Å². The topological polar surface area (TPSA) is 87.7 Å². The number of phenols is 1. The molecule has 2 rings (SSSR count). The fourth-order valence-corrected chi connectivity index (χ4v) is 1.96. The lowest BCUT2D eigenvalue weighted by Gasteiger charge is -2.12. The number of phenolic OH excluding ortho intramolecular Hbond substituents is 1. The van der Waals surface area contributed by atoms with Crippen molar-refractivity contribution in [2.24, 2.45) is 0 Å². The van der Waals surface area contributed by atoms with Gasteiger partial charge < -0.3 is 9.84 Å². The fourth-order valence-electron chi connectivity index (χ4n) is 1.79. The number of benzene rings is 2. The number of hydrazine groups is 1. The van der Waals surface area contributed by atoms with Gasteiger partial charge in [0.2, 0.25) is 0 Å². The van der Waals surface area contributed by atoms with Crippen LogP contribution < -0.4 is 15.6 Å². The molecule has 24 heavy (non-hydrogen) atoms. The molecule has 0 bridgehead atoms. The number of amides is 2. The summed E-state index contributed by atoms with van der Waals surface area (Å²) in [5.41, 5.74) is 3.72. The van der Waals surface area contributed by atoms with E-state index in [0.717, 1.165) is 0 Å². The minimum absolute atomic E-state index is 0.167. The SMILES string of the molecule is O=C(NNC(=O)c1ccccc1OC(F)F)c1cc(Cl)ccc1O. The first kappa shape index (κ1) is 17.5. The van der Waals surface area contributed by atoms with Gasteiger partial charge in [-0.2, -0.15) is 8.78 Å². The van der Waals surface area contributed by atoms with Gasteiger partial charge in [-0.25, -0.2) is 0 Å². The Kier molecular flexibility index (Phi) is 5.54. The lowest BCUT2D eigenvalue weighted by molar-refractivity contribution is -0.0501. The Labute approximate surface area is 140 Å². The Morgan fingerprint density at radius 3 is 2.33 bits per heavy atom. The van der Waals surface area contributed by atoms with Gasteiger partial charge in [-0.15, -0.1) is 0 Å². The Morgan fingerprint density at radius 2 is 1.67 bits per heavy atom. The summed E-state index contributed by atoms with van der Waals surface area (Å²) in [5.74, 6) is -2.39. The summed E-state index contributed by atoms with van der Waals surface area (Å²) in [4.78, 5) is 23.9. The van der Waals surface area contributed by atoms with Gasteiger partial charge in [0.25, 0.3) is 11.8 Å². The zero-order chi connectivity index (χ0) is 17.7. The zero-order valence-corrected chi connectivity index (χ0v) is 12.7. The van der Waals surface area contributed by atoms with E-state index in [-0.39, 0.29) is 27.6 Å². The molecule has 3 N–H and O–H groups in total. The molecule has 0 aliphatic carbocycles. The lowest BCUT2D eigenvalue weighted by atomic mass is 10.2. The molecule has 0 aromatic heterocycles. The molecule has 0 fully saturated rings. The maximum Gasteiger partial charge on any atom is 0.387 e. The average Bonchev–Trinajstić information content (AvgIpc) is 2.54. The van der Waals surface area contributed by atoms with E-state index in [2.05, 4.69) is 4.74 Å². The van der Waals surface area contributed by atoms with Crippen LogP contribution in [0.2, 0.25) is 5.02 Å². The van der Waals surface area contributed by atoms with Crippen LogP contribution in [0.15, 0.2) is 42.5 Å². The average molecular weight is 357 g/mol. The van der Waals surface area contributed by atoms with Crippen molar-refractivity contribution >= 4 is 23.4 Å². The van der Waals surface area contributed by atoms with Gasteiger partial charge in [-0.3, -0.25) is 20.4 Å². The number of carbonyl (C=O) groups excluding carboxylic acids is 2. The molecular weight excluding hydrogens is 346 g/mol. The summed E-state index contributed by atoms with van der Waals surface area (Å²) in [6.45, 7) is -3.10. The zero-order valence-electron chi connectivity index (χ0n) is 11.9. The van der Waals surface area contributed by atoms with Gasteiger partial charge in [-0.1, -0.05) is 23.7 Å². The molecule has 0 unspecified atom stereocenters. The third-order valence-electron chi connectivity index (χ3n) is 2.84. The molecule has 0 heterocycles. The summed E-state index contributed by atoms with van der Waals surface area (Å²) in [6, 6.07) is 9.08. The van der Waals surface area contributed by atoms with Crippen LogP contribution in [0.4, 0.5) is 8.78 Å². The van der Waals surface area contributed by atoms with E-state index in [1.165, 1.54) is 42.5 Å². The standard InChI is InChI=1S/C15H11ClF2N2O4/c16-8-5-6-11(21)10(7-8)14(23)20-19-13(22)9-3-1-2-4-12(9)24-15(17)18/h1-7,15,21H,(H,19,22)(H,20,23). The van der Waals surface area contributed by atoms with E-state index in [1.807, 2.05) is 10.9 Å². The number of hydrogen-bond donors (Lipinski definition) is 3. The van der Waals surface area contributed by atoms with Gasteiger partial charge in [-0.05, 0) is 30.3 Å². The Bertz CT molecular complexity index is 771. The lowest BCUT2D eigenvalue weighted by Crippen LogP contribution is -2.41. The van der Waals surface area contributed by atoms with Crippen LogP contribution in [0, 0.1) is 0 Å². The van der Waals surface area contributed by atoms with Crippen molar-refractivity contribution in [1.82, 2.24) is 10.9 Å². The molecule has 0 spiro atoms. The van der Waals surface area contributed by atoms with Crippen LogP contribution in [0.25, 0.3) is 0 Å². The second kappa shape index (κ2) is 7.60. The number of aromatic hydroxyl groups is 1. The second-order valence-electron chi connectivity index (χ2n) is 4.44. The first-order valence-electron chi connectivity index (χ1n) is 6.51. The van der Waals surface area contributed by atoms with Crippen LogP contribution in [-0.2, 0) is 0 Å². The third-order valence-corrected chi connectivity index (χ3v) is 3.08. The van der Waals surface area contributed by atoms with Crippen molar-refractivity contribution in [1.29, 1.82) is 0 Å². The van der Waals surface area contributed by atoms with Crippen molar-refractivity contribution in [3.63, 3.8) is 0 Å². The van der Waals surface area contributed by atoms with Crippen LogP contribution in [-0.4, -0.2) is 23.5 Å². The molecule has 2 amide bonds. The molecule has 0 radical (unpaired) electrons. The number of carbonyl (C=O) groups is 2. The summed E-state index contributed by atoms with van der Waals surface area (Å²) in [6.07, 6.45) is 0. The number of nitrogens with one attached hydrogen (secondary N) is 2. The highest BCUT2D eigenvalue weighted by Gasteiger charge is 2.17. The van der Waals surface area contributed by atoms with Crippen molar-refractivity contribution in [3.8, 4) is 11.5 Å². The van der Waals surface area contributed by atoms with Gasteiger partial charge in [0.1, 0.15) is 11.5 Å². The maximum atomic E-state index is 12.3. The highest BCUT2D eigenvalue weighted by atomic mass is 35.5. The molecule has 0 aliphatic rings. The van der Waals surface area contributed by atoms with Crippen LogP contribution >= 0.6 is 11.6 Å². The maximum absolute atomic E-state index is 12.3. The van der Waals surface area contributed by atoms with Crippen LogP contribution in [0.5, 0.6) is 11.5 Å². The van der Waals surface area contributed by atoms with E-state index in [9.17, 15) is 23.5 Å². The molecule has 0 saturated carbocycles. The van der Waals surface area contributed by atoms with E-state index in [4.69, 9.17) is 11.6 Å². The van der Waals surface area contributed by atoms with Crippen molar-refractivity contribution < 1.29 is 28.2 Å². The molecule has 0 atom stereocenters. The number of para-hydroxylation sites is 1. The first-order valence-corrected chi connectivity index (χ1v) is 6.89. The Hall–Kier alpha value is -2.87. The van der Waals surface area contributed by atoms with Gasteiger partial charge in [0, 0.05) is 5.02 Å². The van der Waals surface area contributed by atoms with E-state index in [1.54, 1.807) is 0 Å². The van der Waals surface area contributed by atoms with Crippen LogP contribution in [0.3, 0.4) is 0 Å². The third kappa shape index (κ3) is 4.32. The smallest absolute Gasteiger partial charge is 0.387 e. The van der Waals surface area contributed by atoms with Crippen molar-refractivity contribution in [2.45, 2.75) is 6.61 Å². The van der Waals surface area contributed by atoms with Gasteiger partial charge in [0.15, 0.2) is 0 Å². The summed E-state index contributed by atoms with van der Waals surface area (Å²) in [5, 5.41) is 9.80. The highest BCUT2D eigenvalue weighted by Crippen LogP contribution is 2.22.